The number of rotatable bonds is 6. The summed E-state index contributed by atoms with van der Waals surface area (Å²) >= 11 is 6.48. The normalized spacial score (nSPS) is 23.9. The first-order valence-electron chi connectivity index (χ1n) is 13.5. The highest BCUT2D eigenvalue weighted by Crippen LogP contribution is 2.41. The van der Waals surface area contributed by atoms with Crippen molar-refractivity contribution in [2.75, 3.05) is 26.7 Å². The van der Waals surface area contributed by atoms with Crippen LogP contribution in [-0.2, 0) is 0 Å². The number of piperidine rings is 1. The number of ether oxygens (including phenoxy) is 1. The number of pyridine rings is 1. The maximum atomic E-state index is 14.1. The highest BCUT2D eigenvalue weighted by atomic mass is 35.5. The highest BCUT2D eigenvalue weighted by molar-refractivity contribution is 6.32. The topological polar surface area (TPSA) is 107 Å². The number of aromatic nitrogens is 1. The van der Waals surface area contributed by atoms with E-state index in [2.05, 4.69) is 21.7 Å². The van der Waals surface area contributed by atoms with Gasteiger partial charge in [0.25, 0.3) is 0 Å². The lowest BCUT2D eigenvalue weighted by Gasteiger charge is -2.40. The van der Waals surface area contributed by atoms with Gasteiger partial charge in [0.05, 0.1) is 27.9 Å². The summed E-state index contributed by atoms with van der Waals surface area (Å²) in [6.07, 6.45) is 2.36. The molecule has 0 spiro atoms. The molecule has 10 heteroatoms. The van der Waals surface area contributed by atoms with Crippen molar-refractivity contribution in [2.45, 2.75) is 37.3 Å². The van der Waals surface area contributed by atoms with E-state index < -0.39 is 17.4 Å². The Labute approximate surface area is 243 Å². The summed E-state index contributed by atoms with van der Waals surface area (Å²) in [5, 5.41) is 16.8. The third-order valence-corrected chi connectivity index (χ3v) is 8.67. The summed E-state index contributed by atoms with van der Waals surface area (Å²) in [6, 6.07) is 16.3. The number of halogens is 2. The Kier molecular flexibility index (Phi) is 8.36. The Bertz CT molecular complexity index is 1480. The minimum Gasteiger partial charge on any atom is -0.410 e. The first kappa shape index (κ1) is 28.7. The number of nitrogens with zero attached hydrogens (tertiary/aromatic N) is 3. The van der Waals surface area contributed by atoms with E-state index in [9.17, 15) is 19.2 Å². The van der Waals surface area contributed by atoms with E-state index in [1.165, 1.54) is 29.2 Å². The van der Waals surface area contributed by atoms with Crippen molar-refractivity contribution in [3.63, 3.8) is 0 Å². The quantitative estimate of drug-likeness (QED) is 0.387. The third-order valence-electron chi connectivity index (χ3n) is 8.36. The molecule has 1 aromatic heterocycles. The molecule has 3 heterocycles. The molecule has 0 bridgehead atoms. The largest absolute Gasteiger partial charge is 0.415 e. The Hall–Kier alpha value is -3.84. The lowest BCUT2D eigenvalue weighted by molar-refractivity contribution is 0.0873. The number of hydrogen-bond acceptors (Lipinski definition) is 7. The second kappa shape index (κ2) is 12.0. The van der Waals surface area contributed by atoms with E-state index >= 15 is 0 Å². The van der Waals surface area contributed by atoms with E-state index in [-0.39, 0.29) is 40.0 Å². The van der Waals surface area contributed by atoms with Crippen molar-refractivity contribution >= 4 is 23.5 Å². The first-order chi connectivity index (χ1) is 19.7. The monoisotopic (exact) mass is 575 g/mol. The number of nitriles is 1. The number of carbonyl (C=O) groups excluding carboxylic acids is 2. The zero-order chi connectivity index (χ0) is 29.1. The maximum Gasteiger partial charge on any atom is 0.415 e. The molecule has 1 amide bonds. The number of benzene rings is 2. The average Bonchev–Trinajstić information content (AvgIpc) is 3.40. The van der Waals surface area contributed by atoms with Gasteiger partial charge in [-0.05, 0) is 80.4 Å². The van der Waals surface area contributed by atoms with Crippen molar-refractivity contribution < 1.29 is 18.7 Å². The first-order valence-corrected chi connectivity index (χ1v) is 13.9. The Morgan fingerprint density at radius 1 is 1.22 bits per heavy atom. The maximum absolute atomic E-state index is 14.1. The van der Waals surface area contributed by atoms with Gasteiger partial charge in [-0.15, -0.1) is 0 Å². The fourth-order valence-corrected chi connectivity index (χ4v) is 6.06. The number of hydrogen-bond donors (Lipinski definition) is 2. The summed E-state index contributed by atoms with van der Waals surface area (Å²) in [4.78, 5) is 33.3. The molecule has 2 aliphatic heterocycles. The summed E-state index contributed by atoms with van der Waals surface area (Å²) in [5.74, 6) is -0.868. The second-order valence-electron chi connectivity index (χ2n) is 10.8. The molecule has 2 unspecified atom stereocenters. The molecule has 2 aromatic carbocycles. The van der Waals surface area contributed by atoms with Gasteiger partial charge >= 0.3 is 6.09 Å². The number of amides is 1. The van der Waals surface area contributed by atoms with Gasteiger partial charge in [-0.2, -0.15) is 5.26 Å². The van der Waals surface area contributed by atoms with Crippen LogP contribution in [0.2, 0.25) is 5.02 Å². The van der Waals surface area contributed by atoms with Gasteiger partial charge in [-0.3, -0.25) is 9.78 Å². The van der Waals surface area contributed by atoms with E-state index in [0.717, 1.165) is 5.69 Å². The minimum absolute atomic E-state index is 0.0420. The molecule has 0 radical (unpaired) electrons. The van der Waals surface area contributed by atoms with Crippen LogP contribution in [0.25, 0.3) is 0 Å². The molecule has 2 fully saturated rings. The lowest BCUT2D eigenvalue weighted by Crippen LogP contribution is -2.53. The highest BCUT2D eigenvalue weighted by Gasteiger charge is 2.47. The standard InChI is InChI=1S/C31H31ClFN5O3/c1-31(38(2)30(40)41-22-8-6-21(33)7-9-22)18-35-17-25(31)23-13-20(16-34)26(32)15-24(23)29(39)19-10-12-37-28(14-19)27-5-3-4-11-36-27/h3-9,11,13,15,19,25,28,35,37H,10,12,14,17-18H2,1-2H3/t19?,25-,28?,31+/m1/s1. The van der Waals surface area contributed by atoms with Gasteiger partial charge in [0.2, 0.25) is 0 Å². The molecule has 8 nitrogen and oxygen atoms in total. The summed E-state index contributed by atoms with van der Waals surface area (Å²) in [7, 11) is 1.64. The van der Waals surface area contributed by atoms with Gasteiger partial charge in [0.15, 0.2) is 5.78 Å². The molecule has 212 valence electrons. The molecule has 2 N–H and O–H groups in total. The predicted octanol–water partition coefficient (Wildman–Crippen LogP) is 5.25. The Balaban J connectivity index is 1.45. The zero-order valence-corrected chi connectivity index (χ0v) is 23.6. The van der Waals surface area contributed by atoms with Gasteiger partial charge in [0.1, 0.15) is 17.6 Å². The van der Waals surface area contributed by atoms with Crippen LogP contribution in [-0.4, -0.2) is 54.0 Å². The number of ketones is 1. The third kappa shape index (κ3) is 5.82. The number of Topliss-reactive ketones (excluding diaryl/α,β-unsaturated/α-hetero) is 1. The van der Waals surface area contributed by atoms with E-state index in [1.807, 2.05) is 25.1 Å². The molecule has 41 heavy (non-hydrogen) atoms. The SMILES string of the molecule is CN(C(=O)Oc1ccc(F)cc1)[C@@]1(C)CNC[C@@H]1c1cc(C#N)c(Cl)cc1C(=O)C1CCNC(c2ccccn2)C1. The summed E-state index contributed by atoms with van der Waals surface area (Å²) in [6.45, 7) is 3.48. The molecule has 2 saturated heterocycles. The van der Waals surface area contributed by atoms with Crippen molar-refractivity contribution in [3.05, 3.63) is 94.0 Å². The zero-order valence-electron chi connectivity index (χ0n) is 22.9. The van der Waals surface area contributed by atoms with Crippen LogP contribution in [0, 0.1) is 23.1 Å². The van der Waals surface area contributed by atoms with Crippen molar-refractivity contribution in [3.8, 4) is 11.8 Å². The predicted molar refractivity (Wildman–Crippen MR) is 152 cm³/mol. The van der Waals surface area contributed by atoms with Crippen LogP contribution in [0.4, 0.5) is 9.18 Å². The van der Waals surface area contributed by atoms with Crippen LogP contribution >= 0.6 is 11.6 Å². The van der Waals surface area contributed by atoms with Crippen LogP contribution in [0.1, 0.15) is 58.9 Å². The summed E-state index contributed by atoms with van der Waals surface area (Å²) < 4.78 is 18.9. The van der Waals surface area contributed by atoms with Gasteiger partial charge < -0.3 is 20.3 Å². The number of carbonyl (C=O) groups is 2. The molecule has 0 saturated carbocycles. The van der Waals surface area contributed by atoms with Gasteiger partial charge in [-0.1, -0.05) is 17.7 Å². The molecule has 5 rings (SSSR count). The van der Waals surface area contributed by atoms with E-state index in [1.54, 1.807) is 25.4 Å². The fraction of sp³-hybridized carbons (Fsp3) is 0.355. The number of likely N-dealkylation sites (N-methyl/N-ethyl adjacent to an activating group) is 1. The van der Waals surface area contributed by atoms with Crippen molar-refractivity contribution in [1.82, 2.24) is 20.5 Å². The molecule has 4 atom stereocenters. The lowest BCUT2D eigenvalue weighted by atomic mass is 9.76. The Morgan fingerprint density at radius 3 is 2.71 bits per heavy atom. The van der Waals surface area contributed by atoms with Gasteiger partial charge in [-0.25, -0.2) is 9.18 Å². The molecule has 3 aromatic rings. The van der Waals surface area contributed by atoms with E-state index in [4.69, 9.17) is 16.3 Å². The molecular formula is C31H31ClFN5O3. The van der Waals surface area contributed by atoms with Crippen LogP contribution in [0.5, 0.6) is 5.75 Å². The smallest absolute Gasteiger partial charge is 0.410 e. The molecular weight excluding hydrogens is 545 g/mol. The van der Waals surface area contributed by atoms with Crippen molar-refractivity contribution in [1.29, 1.82) is 5.26 Å². The van der Waals surface area contributed by atoms with Crippen LogP contribution in [0.3, 0.4) is 0 Å². The second-order valence-corrected chi connectivity index (χ2v) is 11.2. The van der Waals surface area contributed by atoms with Crippen molar-refractivity contribution in [2.24, 2.45) is 5.92 Å². The summed E-state index contributed by atoms with van der Waals surface area (Å²) in [5.41, 5.74) is 1.47. The molecule has 2 aliphatic rings. The van der Waals surface area contributed by atoms with Crippen LogP contribution in [0.15, 0.2) is 60.8 Å². The fourth-order valence-electron chi connectivity index (χ4n) is 5.85. The minimum atomic E-state index is -0.808. The van der Waals surface area contributed by atoms with Gasteiger partial charge in [0, 0.05) is 43.7 Å². The molecule has 0 aliphatic carbocycles. The average molecular weight is 576 g/mol. The Morgan fingerprint density at radius 2 is 2.00 bits per heavy atom. The number of nitrogens with one attached hydrogen (secondary N) is 2. The van der Waals surface area contributed by atoms with Crippen LogP contribution < -0.4 is 15.4 Å². The van der Waals surface area contributed by atoms with E-state index in [0.29, 0.717) is 43.6 Å².